The predicted molar refractivity (Wildman–Crippen MR) is 86.2 cm³/mol. The molecule has 1 saturated heterocycles. The van der Waals surface area contributed by atoms with E-state index in [9.17, 15) is 9.90 Å². The molecule has 5 nitrogen and oxygen atoms in total. The summed E-state index contributed by atoms with van der Waals surface area (Å²) in [6.45, 7) is 7.10. The highest BCUT2D eigenvalue weighted by Crippen LogP contribution is 2.32. The van der Waals surface area contributed by atoms with E-state index in [1.54, 1.807) is 0 Å². The van der Waals surface area contributed by atoms with Crippen LogP contribution in [-0.4, -0.2) is 58.7 Å². The summed E-state index contributed by atoms with van der Waals surface area (Å²) >= 11 is 1.28. The van der Waals surface area contributed by atoms with E-state index in [-0.39, 0.29) is 11.3 Å². The van der Waals surface area contributed by atoms with Crippen molar-refractivity contribution in [1.82, 2.24) is 4.90 Å². The molecule has 122 valence electrons. The number of carbonyl (C=O) groups is 1. The van der Waals surface area contributed by atoms with Crippen molar-refractivity contribution in [2.45, 2.75) is 30.4 Å². The number of aliphatic carboxylic acids is 1. The summed E-state index contributed by atoms with van der Waals surface area (Å²) in [4.78, 5) is 13.7. The van der Waals surface area contributed by atoms with Crippen LogP contribution < -0.4 is 0 Å². The fourth-order valence-electron chi connectivity index (χ4n) is 2.61. The Morgan fingerprint density at radius 1 is 1.32 bits per heavy atom. The van der Waals surface area contributed by atoms with Crippen molar-refractivity contribution < 1.29 is 19.7 Å². The fourth-order valence-corrected chi connectivity index (χ4v) is 3.23. The summed E-state index contributed by atoms with van der Waals surface area (Å²) in [7, 11) is 0. The van der Waals surface area contributed by atoms with Gasteiger partial charge in [-0.05, 0) is 31.5 Å². The maximum Gasteiger partial charge on any atom is 0.313 e. The normalized spacial score (nSPS) is 18.1. The zero-order valence-electron chi connectivity index (χ0n) is 13.0. The quantitative estimate of drug-likeness (QED) is 0.780. The van der Waals surface area contributed by atoms with Crippen LogP contribution in [0.3, 0.4) is 0 Å². The Hall–Kier alpha value is -1.08. The molecule has 0 saturated carbocycles. The minimum Gasteiger partial charge on any atom is -0.481 e. The largest absolute Gasteiger partial charge is 0.481 e. The molecule has 0 radical (unpaired) electrons. The number of ether oxygens (including phenoxy) is 1. The van der Waals surface area contributed by atoms with Gasteiger partial charge in [-0.1, -0.05) is 12.1 Å². The van der Waals surface area contributed by atoms with Crippen molar-refractivity contribution in [2.24, 2.45) is 0 Å². The number of hydrogen-bond acceptors (Lipinski definition) is 5. The van der Waals surface area contributed by atoms with Gasteiger partial charge in [0, 0.05) is 23.5 Å². The molecule has 0 amide bonds. The molecule has 1 aromatic carbocycles. The number of benzene rings is 1. The standard InChI is InChI=1S/C16H23NO4S/c1-16(2,17-7-9-21-10-8-17)15(20)12-3-5-13(6-4-12)22-11-14(18)19/h3-6,15,20H,7-11H2,1-2H3,(H,18,19). The number of carboxylic acids is 1. The number of carboxylic acid groups (broad SMARTS) is 1. The molecule has 22 heavy (non-hydrogen) atoms. The topological polar surface area (TPSA) is 70.0 Å². The van der Waals surface area contributed by atoms with Crippen molar-refractivity contribution in [1.29, 1.82) is 0 Å². The number of rotatable bonds is 6. The summed E-state index contributed by atoms with van der Waals surface area (Å²) in [5.74, 6) is -0.788. The van der Waals surface area contributed by atoms with E-state index in [1.165, 1.54) is 11.8 Å². The van der Waals surface area contributed by atoms with Crippen molar-refractivity contribution >= 4 is 17.7 Å². The first kappa shape index (κ1) is 17.3. The SMILES string of the molecule is CC(C)(C(O)c1ccc(SCC(=O)O)cc1)N1CCOCC1. The molecule has 1 aliphatic rings. The van der Waals surface area contributed by atoms with E-state index in [0.717, 1.165) is 23.5 Å². The Labute approximate surface area is 135 Å². The highest BCUT2D eigenvalue weighted by atomic mass is 32.2. The molecule has 2 rings (SSSR count). The van der Waals surface area contributed by atoms with Gasteiger partial charge in [-0.25, -0.2) is 0 Å². The van der Waals surface area contributed by atoms with Crippen LogP contribution in [0.4, 0.5) is 0 Å². The molecule has 1 aromatic rings. The van der Waals surface area contributed by atoms with E-state index in [4.69, 9.17) is 9.84 Å². The molecule has 1 fully saturated rings. The Balaban J connectivity index is 2.04. The lowest BCUT2D eigenvalue weighted by molar-refractivity contribution is -0.133. The van der Waals surface area contributed by atoms with Gasteiger partial charge in [0.05, 0.1) is 25.1 Å². The van der Waals surface area contributed by atoms with Crippen LogP contribution in [0.2, 0.25) is 0 Å². The van der Waals surface area contributed by atoms with Gasteiger partial charge in [0.25, 0.3) is 0 Å². The minimum absolute atomic E-state index is 0.0428. The summed E-state index contributed by atoms with van der Waals surface area (Å²) in [6.07, 6.45) is -0.607. The lowest BCUT2D eigenvalue weighted by Gasteiger charge is -2.43. The summed E-state index contributed by atoms with van der Waals surface area (Å²) in [5, 5.41) is 19.4. The van der Waals surface area contributed by atoms with Crippen molar-refractivity contribution in [3.63, 3.8) is 0 Å². The first-order valence-electron chi connectivity index (χ1n) is 7.36. The average molecular weight is 325 g/mol. The van der Waals surface area contributed by atoms with Crippen LogP contribution in [0, 0.1) is 0 Å². The van der Waals surface area contributed by atoms with Crippen LogP contribution in [0.5, 0.6) is 0 Å². The first-order valence-corrected chi connectivity index (χ1v) is 8.35. The van der Waals surface area contributed by atoms with Crippen molar-refractivity contribution in [2.75, 3.05) is 32.1 Å². The Bertz CT molecular complexity index is 497. The molecule has 1 heterocycles. The molecule has 0 spiro atoms. The Morgan fingerprint density at radius 3 is 2.45 bits per heavy atom. The molecule has 1 atom stereocenters. The zero-order valence-corrected chi connectivity index (χ0v) is 13.8. The van der Waals surface area contributed by atoms with Crippen LogP contribution in [0.15, 0.2) is 29.2 Å². The van der Waals surface area contributed by atoms with Gasteiger partial charge in [-0.2, -0.15) is 0 Å². The lowest BCUT2D eigenvalue weighted by atomic mass is 9.89. The molecule has 2 N–H and O–H groups in total. The monoisotopic (exact) mass is 325 g/mol. The Morgan fingerprint density at radius 2 is 1.91 bits per heavy atom. The number of thioether (sulfide) groups is 1. The highest BCUT2D eigenvalue weighted by molar-refractivity contribution is 8.00. The smallest absolute Gasteiger partial charge is 0.313 e. The first-order chi connectivity index (χ1) is 10.4. The van der Waals surface area contributed by atoms with Crippen LogP contribution >= 0.6 is 11.8 Å². The Kier molecular flexibility index (Phi) is 5.86. The van der Waals surface area contributed by atoms with E-state index < -0.39 is 12.1 Å². The van der Waals surface area contributed by atoms with Gasteiger partial charge < -0.3 is 14.9 Å². The van der Waals surface area contributed by atoms with Gasteiger partial charge in [0.15, 0.2) is 0 Å². The van der Waals surface area contributed by atoms with Crippen LogP contribution in [0.1, 0.15) is 25.5 Å². The fraction of sp³-hybridized carbons (Fsp3) is 0.562. The van der Waals surface area contributed by atoms with Crippen molar-refractivity contribution in [3.05, 3.63) is 29.8 Å². The minimum atomic E-state index is -0.831. The van der Waals surface area contributed by atoms with E-state index in [1.807, 2.05) is 38.1 Å². The number of nitrogens with zero attached hydrogens (tertiary/aromatic N) is 1. The van der Waals surface area contributed by atoms with Gasteiger partial charge >= 0.3 is 5.97 Å². The van der Waals surface area contributed by atoms with Gasteiger partial charge in [-0.15, -0.1) is 11.8 Å². The molecular formula is C16H23NO4S. The molecule has 1 unspecified atom stereocenters. The van der Waals surface area contributed by atoms with E-state index in [2.05, 4.69) is 4.90 Å². The molecule has 0 aliphatic carbocycles. The van der Waals surface area contributed by atoms with E-state index >= 15 is 0 Å². The van der Waals surface area contributed by atoms with E-state index in [0.29, 0.717) is 13.2 Å². The molecule has 1 aliphatic heterocycles. The summed E-state index contributed by atoms with van der Waals surface area (Å²) in [5.41, 5.74) is 0.468. The van der Waals surface area contributed by atoms with Crippen LogP contribution in [-0.2, 0) is 9.53 Å². The molecular weight excluding hydrogens is 302 g/mol. The molecule has 6 heteroatoms. The van der Waals surface area contributed by atoms with Crippen molar-refractivity contribution in [3.8, 4) is 0 Å². The van der Waals surface area contributed by atoms with Gasteiger partial charge in [0.1, 0.15) is 0 Å². The maximum atomic E-state index is 10.7. The second-order valence-corrected chi connectivity index (χ2v) is 6.96. The highest BCUT2D eigenvalue weighted by Gasteiger charge is 2.36. The maximum absolute atomic E-state index is 10.7. The van der Waals surface area contributed by atoms with Gasteiger partial charge in [0.2, 0.25) is 0 Å². The lowest BCUT2D eigenvalue weighted by Crippen LogP contribution is -2.53. The molecule has 0 aromatic heterocycles. The zero-order chi connectivity index (χ0) is 16.2. The van der Waals surface area contributed by atoms with Gasteiger partial charge in [-0.3, -0.25) is 9.69 Å². The number of aliphatic hydroxyl groups is 1. The third kappa shape index (κ3) is 4.23. The summed E-state index contributed by atoms with van der Waals surface area (Å²) in [6, 6.07) is 7.47. The third-order valence-corrected chi connectivity index (χ3v) is 5.05. The number of hydrogen-bond donors (Lipinski definition) is 2. The predicted octanol–water partition coefficient (Wildman–Crippen LogP) is 2.01. The summed E-state index contributed by atoms with van der Waals surface area (Å²) < 4.78 is 5.37. The second kappa shape index (κ2) is 7.46. The third-order valence-electron chi connectivity index (χ3n) is 4.05. The number of aliphatic hydroxyl groups excluding tert-OH is 1. The second-order valence-electron chi connectivity index (χ2n) is 5.91. The molecule has 0 bridgehead atoms. The van der Waals surface area contributed by atoms with Crippen LogP contribution in [0.25, 0.3) is 0 Å². The number of morpholine rings is 1. The average Bonchev–Trinajstić information content (AvgIpc) is 2.53.